The van der Waals surface area contributed by atoms with E-state index in [0.29, 0.717) is 16.5 Å². The number of nitrogens with zero attached hydrogens (tertiary/aromatic N) is 1. The lowest BCUT2D eigenvalue weighted by molar-refractivity contribution is 0.102. The first-order chi connectivity index (χ1) is 11.4. The van der Waals surface area contributed by atoms with Gasteiger partial charge in [-0.1, -0.05) is 24.4 Å². The van der Waals surface area contributed by atoms with Crippen LogP contribution in [0.5, 0.6) is 0 Å². The maximum absolute atomic E-state index is 12.4. The second-order valence-electron chi connectivity index (χ2n) is 5.88. The highest BCUT2D eigenvalue weighted by molar-refractivity contribution is 7.89. The van der Waals surface area contributed by atoms with Crippen LogP contribution in [0.25, 0.3) is 0 Å². The van der Waals surface area contributed by atoms with Crippen LogP contribution in [-0.2, 0) is 10.0 Å². The van der Waals surface area contributed by atoms with Gasteiger partial charge >= 0.3 is 0 Å². The van der Waals surface area contributed by atoms with Crippen molar-refractivity contribution in [2.75, 3.05) is 5.32 Å². The number of hydrogen-bond acceptors (Lipinski definition) is 6. The van der Waals surface area contributed by atoms with Crippen molar-refractivity contribution in [2.45, 2.75) is 50.0 Å². The average molecular weight is 369 g/mol. The summed E-state index contributed by atoms with van der Waals surface area (Å²) < 4.78 is 32.5. The summed E-state index contributed by atoms with van der Waals surface area (Å²) in [5.41, 5.74) is 0. The molecule has 1 amide bonds. The smallest absolute Gasteiger partial charge is 0.267 e. The average Bonchev–Trinajstić information content (AvgIpc) is 3.17. The van der Waals surface area contributed by atoms with Gasteiger partial charge in [0.1, 0.15) is 5.76 Å². The first-order valence-corrected chi connectivity index (χ1v) is 10.2. The zero-order chi connectivity index (χ0) is 17.2. The second-order valence-corrected chi connectivity index (χ2v) is 8.51. The van der Waals surface area contributed by atoms with Crippen LogP contribution in [0.15, 0.2) is 26.9 Å². The van der Waals surface area contributed by atoms with E-state index in [1.807, 2.05) is 0 Å². The molecule has 0 radical (unpaired) electrons. The van der Waals surface area contributed by atoms with Crippen molar-refractivity contribution < 1.29 is 17.7 Å². The molecule has 24 heavy (non-hydrogen) atoms. The quantitative estimate of drug-likeness (QED) is 0.844. The zero-order valence-corrected chi connectivity index (χ0v) is 14.9. The normalized spacial score (nSPS) is 16.2. The number of thiophene rings is 1. The van der Waals surface area contributed by atoms with Crippen molar-refractivity contribution in [3.05, 3.63) is 28.2 Å². The van der Waals surface area contributed by atoms with E-state index < -0.39 is 15.9 Å². The van der Waals surface area contributed by atoms with E-state index >= 15 is 0 Å². The van der Waals surface area contributed by atoms with Gasteiger partial charge in [0, 0.05) is 17.5 Å². The van der Waals surface area contributed by atoms with E-state index in [1.165, 1.54) is 11.4 Å². The van der Waals surface area contributed by atoms with Crippen LogP contribution in [0.2, 0.25) is 0 Å². The van der Waals surface area contributed by atoms with E-state index in [-0.39, 0.29) is 10.9 Å². The molecule has 0 unspecified atom stereocenters. The van der Waals surface area contributed by atoms with Crippen LogP contribution in [0.1, 0.15) is 47.5 Å². The number of hydrogen-bond donors (Lipinski definition) is 2. The largest absolute Gasteiger partial charge is 0.360 e. The Morgan fingerprint density at radius 3 is 2.71 bits per heavy atom. The number of carbonyl (C=O) groups excluding carboxylic acids is 1. The molecule has 0 atom stereocenters. The minimum Gasteiger partial charge on any atom is -0.360 e. The van der Waals surface area contributed by atoms with E-state index in [2.05, 4.69) is 15.2 Å². The fourth-order valence-electron chi connectivity index (χ4n) is 2.69. The molecule has 7 nitrogen and oxygen atoms in total. The molecule has 0 bridgehead atoms. The fourth-order valence-corrected chi connectivity index (χ4v) is 5.16. The van der Waals surface area contributed by atoms with Crippen molar-refractivity contribution >= 4 is 33.1 Å². The Kier molecular flexibility index (Phi) is 5.02. The highest BCUT2D eigenvalue weighted by Gasteiger charge is 2.24. The van der Waals surface area contributed by atoms with Crippen LogP contribution in [0.4, 0.5) is 5.82 Å². The second kappa shape index (κ2) is 7.04. The molecule has 1 aliphatic rings. The topological polar surface area (TPSA) is 101 Å². The summed E-state index contributed by atoms with van der Waals surface area (Å²) in [5, 5.41) is 7.74. The van der Waals surface area contributed by atoms with Crippen LogP contribution in [0.3, 0.4) is 0 Å². The van der Waals surface area contributed by atoms with Gasteiger partial charge in [0.25, 0.3) is 5.91 Å². The highest BCUT2D eigenvalue weighted by atomic mass is 32.2. The number of sulfonamides is 1. The summed E-state index contributed by atoms with van der Waals surface area (Å²) in [6.07, 6.45) is 4.97. The molecule has 1 aliphatic carbocycles. The first-order valence-electron chi connectivity index (χ1n) is 7.79. The Morgan fingerprint density at radius 1 is 1.29 bits per heavy atom. The summed E-state index contributed by atoms with van der Waals surface area (Å²) in [7, 11) is -3.60. The lowest BCUT2D eigenvalue weighted by Crippen LogP contribution is -2.35. The molecule has 2 aromatic heterocycles. The molecule has 0 aromatic carbocycles. The molecule has 2 heterocycles. The van der Waals surface area contributed by atoms with Gasteiger partial charge in [-0.2, -0.15) is 0 Å². The summed E-state index contributed by atoms with van der Waals surface area (Å²) in [6, 6.07) is 2.96. The predicted octanol–water partition coefficient (Wildman–Crippen LogP) is 2.91. The van der Waals surface area contributed by atoms with Crippen molar-refractivity contribution in [3.8, 4) is 0 Å². The standard InChI is InChI=1S/C15H19N3O4S2/c1-10-7-14(17-22-10)16-15(19)13-8-12(9-23-13)24(20,21)18-11-5-3-2-4-6-11/h7-9,11,18H,2-6H2,1H3,(H,16,17,19). The Bertz CT molecular complexity index is 819. The maximum atomic E-state index is 12.4. The van der Waals surface area contributed by atoms with E-state index in [9.17, 15) is 13.2 Å². The van der Waals surface area contributed by atoms with Gasteiger partial charge in [-0.05, 0) is 25.8 Å². The lowest BCUT2D eigenvalue weighted by Gasteiger charge is -2.22. The minimum atomic E-state index is -3.60. The summed E-state index contributed by atoms with van der Waals surface area (Å²) in [6.45, 7) is 1.72. The van der Waals surface area contributed by atoms with Gasteiger partial charge in [-0.3, -0.25) is 4.79 Å². The first kappa shape index (κ1) is 17.1. The third-order valence-electron chi connectivity index (χ3n) is 3.91. The van der Waals surface area contributed by atoms with Crippen molar-refractivity contribution in [3.63, 3.8) is 0 Å². The monoisotopic (exact) mass is 369 g/mol. The van der Waals surface area contributed by atoms with Gasteiger partial charge < -0.3 is 9.84 Å². The number of amides is 1. The lowest BCUT2D eigenvalue weighted by atomic mass is 9.96. The Hall–Kier alpha value is -1.71. The van der Waals surface area contributed by atoms with E-state index in [4.69, 9.17) is 4.52 Å². The maximum Gasteiger partial charge on any atom is 0.267 e. The number of anilines is 1. The number of nitrogens with one attached hydrogen (secondary N) is 2. The van der Waals surface area contributed by atoms with Crippen LogP contribution >= 0.6 is 11.3 Å². The molecule has 3 rings (SSSR count). The van der Waals surface area contributed by atoms with E-state index in [0.717, 1.165) is 43.4 Å². The Morgan fingerprint density at radius 2 is 2.04 bits per heavy atom. The van der Waals surface area contributed by atoms with Gasteiger partial charge in [-0.15, -0.1) is 11.3 Å². The Balaban J connectivity index is 1.68. The number of carbonyl (C=O) groups is 1. The minimum absolute atomic E-state index is 0.0148. The molecule has 2 N–H and O–H groups in total. The molecule has 0 aliphatic heterocycles. The van der Waals surface area contributed by atoms with Crippen LogP contribution in [0, 0.1) is 6.92 Å². The van der Waals surface area contributed by atoms with Gasteiger partial charge in [0.05, 0.1) is 9.77 Å². The van der Waals surface area contributed by atoms with Gasteiger partial charge in [0.15, 0.2) is 5.82 Å². The molecule has 9 heteroatoms. The number of aromatic nitrogens is 1. The molecule has 0 spiro atoms. The molecule has 1 saturated carbocycles. The van der Waals surface area contributed by atoms with Crippen molar-refractivity contribution in [2.24, 2.45) is 0 Å². The molecule has 130 valence electrons. The number of aryl methyl sites for hydroxylation is 1. The summed E-state index contributed by atoms with van der Waals surface area (Å²) in [5.74, 6) is 0.472. The number of rotatable bonds is 5. The Labute approximate surface area is 144 Å². The van der Waals surface area contributed by atoms with Crippen molar-refractivity contribution in [1.29, 1.82) is 0 Å². The fraction of sp³-hybridized carbons (Fsp3) is 0.467. The van der Waals surface area contributed by atoms with E-state index in [1.54, 1.807) is 13.0 Å². The third kappa shape index (κ3) is 4.03. The highest BCUT2D eigenvalue weighted by Crippen LogP contribution is 2.23. The molecule has 1 fully saturated rings. The molecular formula is C15H19N3O4S2. The van der Waals surface area contributed by atoms with Gasteiger partial charge in [0.2, 0.25) is 10.0 Å². The summed E-state index contributed by atoms with van der Waals surface area (Å²) >= 11 is 1.08. The van der Waals surface area contributed by atoms with Crippen LogP contribution in [-0.4, -0.2) is 25.5 Å². The SMILES string of the molecule is Cc1cc(NC(=O)c2cc(S(=O)(=O)NC3CCCCC3)cs2)no1. The van der Waals surface area contributed by atoms with Crippen molar-refractivity contribution in [1.82, 2.24) is 9.88 Å². The molecular weight excluding hydrogens is 350 g/mol. The summed E-state index contributed by atoms with van der Waals surface area (Å²) in [4.78, 5) is 12.6. The third-order valence-corrected chi connectivity index (χ3v) is 6.48. The molecule has 2 aromatic rings. The van der Waals surface area contributed by atoms with Gasteiger partial charge in [-0.25, -0.2) is 13.1 Å². The zero-order valence-electron chi connectivity index (χ0n) is 13.2. The molecule has 0 saturated heterocycles. The predicted molar refractivity (Wildman–Crippen MR) is 90.7 cm³/mol. The van der Waals surface area contributed by atoms with Crippen LogP contribution < -0.4 is 10.0 Å².